The van der Waals surface area contributed by atoms with E-state index in [0.717, 1.165) is 111 Å². The number of amides is 5. The Kier molecular flexibility index (Phi) is 20.3. The molecule has 5 amide bonds. The van der Waals surface area contributed by atoms with Crippen molar-refractivity contribution >= 4 is 135 Å². The lowest BCUT2D eigenvalue weighted by Gasteiger charge is -2.25. The summed E-state index contributed by atoms with van der Waals surface area (Å²) in [5.41, 5.74) is 40.3. The Morgan fingerprint density at radius 3 is 1.01 bits per heavy atom. The van der Waals surface area contributed by atoms with E-state index in [1.807, 2.05) is 139 Å². The smallest absolute Gasteiger partial charge is 0.410 e. The van der Waals surface area contributed by atoms with Crippen molar-refractivity contribution in [3.63, 3.8) is 0 Å². The fraction of sp³-hybridized carbons (Fsp3) is 0.243. The Morgan fingerprint density at radius 1 is 0.426 bits per heavy atom. The largest absolute Gasteiger partial charge is 0.444 e. The van der Waals surface area contributed by atoms with E-state index in [2.05, 4.69) is 95.9 Å². The van der Waals surface area contributed by atoms with Gasteiger partial charge < -0.3 is 72.5 Å². The summed E-state index contributed by atoms with van der Waals surface area (Å²) in [4.78, 5) is 104. The van der Waals surface area contributed by atoms with Crippen LogP contribution in [0.2, 0.25) is 0 Å². The van der Waals surface area contributed by atoms with E-state index in [1.54, 1.807) is 65.4 Å². The quantitative estimate of drug-likeness (QED) is 0.0453. The maximum absolute atomic E-state index is 12.5. The van der Waals surface area contributed by atoms with Crippen LogP contribution in [-0.2, 0) is 40.5 Å². The Hall–Kier alpha value is -14.1. The number of urea groups is 1. The number of rotatable bonds is 15. The summed E-state index contributed by atoms with van der Waals surface area (Å²) in [6, 6.07) is 31.2. The van der Waals surface area contributed by atoms with Crippen LogP contribution in [0.4, 0.5) is 32.9 Å². The Morgan fingerprint density at radius 2 is 0.731 bits per heavy atom. The van der Waals surface area contributed by atoms with Crippen LogP contribution in [0.15, 0.2) is 122 Å². The average Bonchev–Trinajstić information content (AvgIpc) is 1.58. The molecule has 0 aliphatic rings. The number of nitrogen functional groups attached to an aromatic ring is 4. The van der Waals surface area contributed by atoms with Crippen LogP contribution in [0, 0.1) is 0 Å². The Balaban J connectivity index is 0.000000127. The van der Waals surface area contributed by atoms with E-state index in [9.17, 15) is 19.2 Å². The second-order valence-corrected chi connectivity index (χ2v) is 26.6. The van der Waals surface area contributed by atoms with Crippen molar-refractivity contribution < 1.29 is 23.9 Å². The van der Waals surface area contributed by atoms with E-state index < -0.39 is 5.60 Å². The van der Waals surface area contributed by atoms with Crippen LogP contribution in [-0.4, -0.2) is 183 Å². The molecule has 12 heterocycles. The maximum atomic E-state index is 12.5. The molecule has 0 radical (unpaired) electrons. The third-order valence-corrected chi connectivity index (χ3v) is 17.7. The van der Waals surface area contributed by atoms with Crippen molar-refractivity contribution in [1.29, 1.82) is 0 Å². The van der Waals surface area contributed by atoms with Crippen molar-refractivity contribution in [3.05, 3.63) is 145 Å². The van der Waals surface area contributed by atoms with E-state index >= 15 is 0 Å². The highest BCUT2D eigenvalue weighted by atomic mass is 16.6. The number of nitrogens with zero attached hydrogens (tertiary/aromatic N) is 16. The minimum Gasteiger partial charge on any atom is -0.444 e. The fourth-order valence-corrected chi connectivity index (χ4v) is 12.3. The predicted octanol–water partition coefficient (Wildman–Crippen LogP) is 10.6. The molecule has 0 saturated carbocycles. The molecule has 4 aromatic carbocycles. The van der Waals surface area contributed by atoms with Crippen molar-refractivity contribution in [2.45, 2.75) is 87.2 Å². The lowest BCUT2D eigenvalue weighted by atomic mass is 10.1. The molecule has 16 aromatic rings. The maximum Gasteiger partial charge on any atom is 0.410 e. The third kappa shape index (κ3) is 15.4. The van der Waals surface area contributed by atoms with Gasteiger partial charge in [-0.25, -0.2) is 49.5 Å². The van der Waals surface area contributed by atoms with Crippen LogP contribution in [0.1, 0.15) is 78.7 Å². The Bertz CT molecular complexity index is 5950. The molecule has 108 heavy (non-hydrogen) atoms. The van der Waals surface area contributed by atoms with Crippen LogP contribution in [0.5, 0.6) is 0 Å². The van der Waals surface area contributed by atoms with Gasteiger partial charge in [0.25, 0.3) is 0 Å². The van der Waals surface area contributed by atoms with E-state index in [1.165, 1.54) is 6.92 Å². The molecule has 34 nitrogen and oxygen atoms in total. The summed E-state index contributed by atoms with van der Waals surface area (Å²) in [5.74, 6) is 4.02. The zero-order valence-electron chi connectivity index (χ0n) is 61.0. The molecule has 12 aromatic heterocycles. The number of carbonyl (C=O) groups is 4. The first-order chi connectivity index (χ1) is 51.9. The highest BCUT2D eigenvalue weighted by Gasteiger charge is 2.25. The number of aromatic nitrogens is 20. The number of hydrogen-bond acceptors (Lipinski definition) is 21. The molecular formula is C74H81N29O5. The van der Waals surface area contributed by atoms with Crippen molar-refractivity contribution in [2.75, 3.05) is 56.7 Å². The summed E-state index contributed by atoms with van der Waals surface area (Å²) >= 11 is 0. The highest BCUT2D eigenvalue weighted by molar-refractivity contribution is 6.10. The molecule has 0 atom stereocenters. The topological polar surface area (TPSA) is 488 Å². The molecule has 0 aliphatic heterocycles. The average molecular weight is 1460 g/mol. The number of nitrogens with one attached hydrogen (secondary N) is 9. The van der Waals surface area contributed by atoms with E-state index in [4.69, 9.17) is 37.6 Å². The van der Waals surface area contributed by atoms with Gasteiger partial charge in [0.1, 0.15) is 96.3 Å². The second-order valence-electron chi connectivity index (χ2n) is 26.6. The third-order valence-electron chi connectivity index (χ3n) is 17.7. The number of aromatic amines is 8. The SMILES string of the molecule is CC(=O)NCc1nc2c([nH]1)c(N)nc1cc(-c3ccn[nH]3)ccc12.CCN(Cc1nc2c([nH]1)c(N)nc1cc(-c3ccn[nH]3)ccc12)C(=O)N(C)C.CCN(Cc1nc2c([nH]1)c(N)nc1cc(-c3ccn[nH]3)ccc12)C(=O)OC(C)(C)C.CCN(Cc1nc2c([nH]1)c(N)nc1cc(-c3ccn[nH]3)ccc12)C(C)=O. The number of fused-ring (bicyclic) bond motifs is 12. The van der Waals surface area contributed by atoms with E-state index in [-0.39, 0.29) is 30.5 Å². The van der Waals surface area contributed by atoms with Crippen molar-refractivity contribution in [1.82, 2.24) is 126 Å². The van der Waals surface area contributed by atoms with Crippen molar-refractivity contribution in [3.8, 4) is 45.0 Å². The first-order valence-corrected chi connectivity index (χ1v) is 34.6. The molecular weight excluding hydrogens is 1380 g/mol. The van der Waals surface area contributed by atoms with Gasteiger partial charge in [-0.1, -0.05) is 24.3 Å². The number of nitrogens with two attached hydrogens (primary N) is 4. The molecule has 16 rings (SSSR count). The van der Waals surface area contributed by atoms with E-state index in [0.29, 0.717) is 108 Å². The number of ether oxygens (including phenoxy) is 1. The summed E-state index contributed by atoms with van der Waals surface area (Å²) in [7, 11) is 3.46. The number of carbonyl (C=O) groups excluding carboxylic acids is 4. The van der Waals surface area contributed by atoms with Crippen LogP contribution >= 0.6 is 0 Å². The second kappa shape index (κ2) is 30.3. The lowest BCUT2D eigenvalue weighted by molar-refractivity contribution is -0.129. The number of anilines is 4. The van der Waals surface area contributed by atoms with Gasteiger partial charge in [0.05, 0.1) is 71.0 Å². The first-order valence-electron chi connectivity index (χ1n) is 34.6. The number of hydrogen-bond donors (Lipinski definition) is 13. The Labute approximate surface area is 615 Å². The van der Waals surface area contributed by atoms with Gasteiger partial charge in [-0.2, -0.15) is 20.4 Å². The van der Waals surface area contributed by atoms with Crippen LogP contribution in [0.25, 0.3) is 133 Å². The molecule has 0 spiro atoms. The summed E-state index contributed by atoms with van der Waals surface area (Å²) in [5, 5.41) is 34.0. The molecule has 0 bridgehead atoms. The minimum absolute atomic E-state index is 0.00751. The van der Waals surface area contributed by atoms with Crippen LogP contribution < -0.4 is 28.3 Å². The lowest BCUT2D eigenvalue weighted by Crippen LogP contribution is -2.38. The number of imidazole rings is 4. The van der Waals surface area contributed by atoms with Gasteiger partial charge in [0.15, 0.2) is 0 Å². The molecule has 34 heteroatoms. The molecule has 0 unspecified atom stereocenters. The van der Waals surface area contributed by atoms with Gasteiger partial charge in [-0.05, 0) is 114 Å². The van der Waals surface area contributed by atoms with Gasteiger partial charge in [0.2, 0.25) is 11.8 Å². The number of benzene rings is 4. The zero-order valence-corrected chi connectivity index (χ0v) is 61.0. The van der Waals surface area contributed by atoms with Crippen molar-refractivity contribution in [2.24, 2.45) is 0 Å². The molecule has 0 fully saturated rings. The monoisotopic (exact) mass is 1460 g/mol. The summed E-state index contributed by atoms with van der Waals surface area (Å²) < 4.78 is 5.48. The molecule has 17 N–H and O–H groups in total. The summed E-state index contributed by atoms with van der Waals surface area (Å²) in [6.45, 7) is 17.4. The van der Waals surface area contributed by atoms with Gasteiger partial charge >= 0.3 is 12.1 Å². The standard InChI is InChI=1S/C21H25N7O2.C19H22N8O.C18H19N7O.C16H15N7O/c1-5-28(20(29)30-21(2,3)4)11-16-25-17-13-7-6-12(14-8-9-23-27-14)10-15(13)24-19(22)18(17)26-16;1-4-27(19(28)26(2)3)10-15-23-16-12-6-5-11(13-7-8-21-25-13)9-14(12)22-18(20)17(16)24-15;1-3-25(10(2)26)9-15-22-16-12-5-4-11(13-6-7-20-24-13)8-14(12)21-18(19)17(16)23-15;1-8(24)18-7-13-21-14-10-3-2-9(11-4-5-19-23-11)6-12(10)20-16(17)15(14)22-13/h6-10H,5,11H2,1-4H3,(H2,22,24)(H,23,27)(H,25,26);5-9H,4,10H2,1-3H3,(H2,20,22)(H,21,25)(H,23,24);4-8H,3,9H2,1-2H3,(H2,19,21)(H,20,24)(H,22,23);2-6H,7H2,1H3,(H2,17,20)(H,18,24)(H,19,23)(H,21,22). The van der Waals surface area contributed by atoms with Gasteiger partial charge in [0, 0.05) is 116 Å². The highest BCUT2D eigenvalue weighted by Crippen LogP contribution is 2.35. The van der Waals surface area contributed by atoms with Gasteiger partial charge in [-0.15, -0.1) is 0 Å². The minimum atomic E-state index is -0.560. The predicted molar refractivity (Wildman–Crippen MR) is 415 cm³/mol. The first kappa shape index (κ1) is 72.3. The number of pyridine rings is 4. The fourth-order valence-electron chi connectivity index (χ4n) is 12.3. The zero-order chi connectivity index (χ0) is 76.2. The van der Waals surface area contributed by atoms with Gasteiger partial charge in [-0.3, -0.25) is 30.0 Å². The molecule has 0 aliphatic carbocycles. The molecule has 552 valence electrons. The van der Waals surface area contributed by atoms with Crippen LogP contribution in [0.3, 0.4) is 0 Å². The number of H-pyrrole nitrogens is 8. The normalized spacial score (nSPS) is 11.4. The summed E-state index contributed by atoms with van der Waals surface area (Å²) in [6.07, 6.45) is 6.43. The molecule has 0 saturated heterocycles.